The zero-order valence-electron chi connectivity index (χ0n) is 6.67. The number of rotatable bonds is 2. The largest absolute Gasteiger partial charge is 0.481 e. The molecule has 1 fully saturated rings. The first kappa shape index (κ1) is 8.11. The molecule has 0 aliphatic carbocycles. The number of aliphatic carboxylic acids is 1. The molecule has 0 bridgehead atoms. The molecule has 1 saturated heterocycles. The minimum atomic E-state index is -0.882. The van der Waals surface area contributed by atoms with Crippen molar-refractivity contribution in [3.05, 3.63) is 5.82 Å². The highest BCUT2D eigenvalue weighted by Gasteiger charge is 2.37. The fraction of sp³-hybridized carbons (Fsp3) is 0.667. The van der Waals surface area contributed by atoms with Crippen LogP contribution in [0.5, 0.6) is 0 Å². The molecule has 1 aromatic heterocycles. The Morgan fingerprint density at radius 2 is 2.54 bits per heavy atom. The first-order valence-electron chi connectivity index (χ1n) is 3.87. The second-order valence-electron chi connectivity index (χ2n) is 2.79. The Balaban J connectivity index is 2.19. The summed E-state index contributed by atoms with van der Waals surface area (Å²) in [5.74, 6) is -1.13. The zero-order valence-corrected chi connectivity index (χ0v) is 6.67. The van der Waals surface area contributed by atoms with E-state index in [1.54, 1.807) is 0 Å². The number of ether oxygens (including phenoxy) is 1. The lowest BCUT2D eigenvalue weighted by molar-refractivity contribution is -0.143. The third-order valence-corrected chi connectivity index (χ3v) is 2.03. The summed E-state index contributed by atoms with van der Waals surface area (Å²) >= 11 is 0. The van der Waals surface area contributed by atoms with Crippen LogP contribution in [0.15, 0.2) is 0 Å². The van der Waals surface area contributed by atoms with E-state index in [0.29, 0.717) is 18.9 Å². The predicted molar refractivity (Wildman–Crippen MR) is 38.6 cm³/mol. The van der Waals surface area contributed by atoms with Gasteiger partial charge in [0.1, 0.15) is 6.10 Å². The summed E-state index contributed by atoms with van der Waals surface area (Å²) in [5, 5.41) is 21.8. The molecular weight excluding hydrogens is 176 g/mol. The van der Waals surface area contributed by atoms with Gasteiger partial charge in [-0.2, -0.15) is 5.21 Å². The summed E-state index contributed by atoms with van der Waals surface area (Å²) in [7, 11) is 0. The number of hydrogen-bond donors (Lipinski definition) is 2. The van der Waals surface area contributed by atoms with Crippen molar-refractivity contribution in [2.45, 2.75) is 12.5 Å². The van der Waals surface area contributed by atoms with Crippen LogP contribution in [-0.2, 0) is 9.53 Å². The van der Waals surface area contributed by atoms with E-state index in [-0.39, 0.29) is 0 Å². The van der Waals surface area contributed by atoms with Gasteiger partial charge in [0, 0.05) is 6.61 Å². The molecule has 70 valence electrons. The van der Waals surface area contributed by atoms with Crippen LogP contribution < -0.4 is 0 Å². The van der Waals surface area contributed by atoms with Gasteiger partial charge in [-0.25, -0.2) is 0 Å². The van der Waals surface area contributed by atoms with Gasteiger partial charge in [-0.1, -0.05) is 5.21 Å². The molecule has 1 aliphatic heterocycles. The lowest BCUT2D eigenvalue weighted by Gasteiger charge is -2.09. The fourth-order valence-electron chi connectivity index (χ4n) is 1.39. The van der Waals surface area contributed by atoms with Gasteiger partial charge in [-0.05, 0) is 6.42 Å². The molecule has 0 radical (unpaired) electrons. The van der Waals surface area contributed by atoms with Gasteiger partial charge in [0.2, 0.25) is 5.82 Å². The maximum atomic E-state index is 10.7. The number of carboxylic acid groups (broad SMARTS) is 1. The lowest BCUT2D eigenvalue weighted by atomic mass is 10.0. The lowest BCUT2D eigenvalue weighted by Crippen LogP contribution is -2.18. The van der Waals surface area contributed by atoms with Crippen LogP contribution in [0.4, 0.5) is 0 Å². The van der Waals surface area contributed by atoms with Crippen LogP contribution in [-0.4, -0.2) is 38.3 Å². The maximum Gasteiger partial charge on any atom is 0.309 e. The number of tetrazole rings is 1. The molecule has 7 heteroatoms. The molecule has 1 aliphatic rings. The van der Waals surface area contributed by atoms with E-state index < -0.39 is 18.0 Å². The topological polar surface area (TPSA) is 101 Å². The number of aromatic amines is 1. The molecule has 7 nitrogen and oxygen atoms in total. The van der Waals surface area contributed by atoms with E-state index in [4.69, 9.17) is 9.84 Å². The van der Waals surface area contributed by atoms with Crippen molar-refractivity contribution in [2.75, 3.05) is 6.61 Å². The van der Waals surface area contributed by atoms with Gasteiger partial charge in [-0.3, -0.25) is 4.79 Å². The number of nitrogens with zero attached hydrogens (tertiary/aromatic N) is 3. The van der Waals surface area contributed by atoms with E-state index in [0.717, 1.165) is 0 Å². The Hall–Kier alpha value is -1.50. The monoisotopic (exact) mass is 184 g/mol. The van der Waals surface area contributed by atoms with Crippen LogP contribution in [0, 0.1) is 5.92 Å². The molecule has 0 amide bonds. The number of carboxylic acids is 1. The molecule has 13 heavy (non-hydrogen) atoms. The molecule has 1 aromatic rings. The SMILES string of the molecule is O=C(O)C1CCOC1c1nn[nH]n1. The predicted octanol–water partition coefficient (Wildman–Crippen LogP) is -0.638. The smallest absolute Gasteiger partial charge is 0.309 e. The Kier molecular flexibility index (Phi) is 1.93. The van der Waals surface area contributed by atoms with Gasteiger partial charge < -0.3 is 9.84 Å². The van der Waals surface area contributed by atoms with Crippen molar-refractivity contribution in [1.82, 2.24) is 20.6 Å². The van der Waals surface area contributed by atoms with Gasteiger partial charge in [-0.15, -0.1) is 10.2 Å². The molecule has 2 atom stereocenters. The van der Waals surface area contributed by atoms with Crippen molar-refractivity contribution >= 4 is 5.97 Å². The van der Waals surface area contributed by atoms with E-state index in [2.05, 4.69) is 20.6 Å². The zero-order chi connectivity index (χ0) is 9.26. The summed E-state index contributed by atoms with van der Waals surface area (Å²) in [6, 6.07) is 0. The highest BCUT2D eigenvalue weighted by Crippen LogP contribution is 2.31. The van der Waals surface area contributed by atoms with Crippen LogP contribution >= 0.6 is 0 Å². The van der Waals surface area contributed by atoms with E-state index in [1.165, 1.54) is 0 Å². The molecule has 2 unspecified atom stereocenters. The van der Waals surface area contributed by atoms with Crippen molar-refractivity contribution in [2.24, 2.45) is 5.92 Å². The van der Waals surface area contributed by atoms with Crippen molar-refractivity contribution in [3.8, 4) is 0 Å². The van der Waals surface area contributed by atoms with Crippen LogP contribution in [0.3, 0.4) is 0 Å². The van der Waals surface area contributed by atoms with E-state index in [1.807, 2.05) is 0 Å². The van der Waals surface area contributed by atoms with Crippen LogP contribution in [0.25, 0.3) is 0 Å². The number of aromatic nitrogens is 4. The molecule has 0 spiro atoms. The van der Waals surface area contributed by atoms with Gasteiger partial charge in [0.25, 0.3) is 0 Å². The third kappa shape index (κ3) is 1.37. The van der Waals surface area contributed by atoms with Crippen molar-refractivity contribution in [3.63, 3.8) is 0 Å². The van der Waals surface area contributed by atoms with E-state index in [9.17, 15) is 4.79 Å². The standard InChI is InChI=1S/C6H8N4O3/c11-6(12)3-1-2-13-4(3)5-7-9-10-8-5/h3-4H,1-2H2,(H,11,12)(H,7,8,9,10). The Morgan fingerprint density at radius 1 is 1.69 bits per heavy atom. The van der Waals surface area contributed by atoms with Gasteiger partial charge >= 0.3 is 5.97 Å². The normalized spacial score (nSPS) is 27.7. The minimum absolute atomic E-state index is 0.310. The van der Waals surface area contributed by atoms with Gasteiger partial charge in [0.15, 0.2) is 0 Å². The summed E-state index contributed by atoms with van der Waals surface area (Å²) < 4.78 is 5.21. The summed E-state index contributed by atoms with van der Waals surface area (Å²) in [6.45, 7) is 0.427. The minimum Gasteiger partial charge on any atom is -0.481 e. The summed E-state index contributed by atoms with van der Waals surface area (Å²) in [4.78, 5) is 10.7. The molecular formula is C6H8N4O3. The number of hydrogen-bond acceptors (Lipinski definition) is 5. The highest BCUT2D eigenvalue weighted by atomic mass is 16.5. The van der Waals surface area contributed by atoms with E-state index >= 15 is 0 Å². The Labute approximate surface area is 73.1 Å². The summed E-state index contributed by atoms with van der Waals surface area (Å²) in [5.41, 5.74) is 0. The first-order chi connectivity index (χ1) is 6.29. The Bertz CT molecular complexity index is 299. The first-order valence-corrected chi connectivity index (χ1v) is 3.87. The highest BCUT2D eigenvalue weighted by molar-refractivity contribution is 5.71. The molecule has 2 rings (SSSR count). The number of H-pyrrole nitrogens is 1. The fourth-order valence-corrected chi connectivity index (χ4v) is 1.39. The van der Waals surface area contributed by atoms with Crippen LogP contribution in [0.2, 0.25) is 0 Å². The summed E-state index contributed by atoms with van der Waals surface area (Å²) in [6.07, 6.45) is -0.0644. The maximum absolute atomic E-state index is 10.7. The molecule has 0 aromatic carbocycles. The second kappa shape index (κ2) is 3.09. The van der Waals surface area contributed by atoms with Crippen LogP contribution in [0.1, 0.15) is 18.3 Å². The third-order valence-electron chi connectivity index (χ3n) is 2.03. The molecule has 2 N–H and O–H groups in total. The van der Waals surface area contributed by atoms with Crippen molar-refractivity contribution < 1.29 is 14.6 Å². The van der Waals surface area contributed by atoms with Gasteiger partial charge in [0.05, 0.1) is 5.92 Å². The molecule has 2 heterocycles. The average Bonchev–Trinajstić information content (AvgIpc) is 2.74. The second-order valence-corrected chi connectivity index (χ2v) is 2.79. The Morgan fingerprint density at radius 3 is 3.15 bits per heavy atom. The number of nitrogens with one attached hydrogen (secondary N) is 1. The average molecular weight is 184 g/mol. The number of carbonyl (C=O) groups is 1. The quantitative estimate of drug-likeness (QED) is 0.634. The van der Waals surface area contributed by atoms with Crippen molar-refractivity contribution in [1.29, 1.82) is 0 Å². The molecule has 0 saturated carbocycles.